The molecular weight excluding hydrogens is 272 g/mol. The monoisotopic (exact) mass is 290 g/mol. The summed E-state index contributed by atoms with van der Waals surface area (Å²) in [5.41, 5.74) is 11.1. The number of nitrogens with zero attached hydrogens (tertiary/aromatic N) is 1. The first kappa shape index (κ1) is 15.0. The third kappa shape index (κ3) is 3.38. The molecule has 1 fully saturated rings. The first-order valence-electron chi connectivity index (χ1n) is 6.67. The lowest BCUT2D eigenvalue weighted by Crippen LogP contribution is -2.46. The van der Waals surface area contributed by atoms with Crippen molar-refractivity contribution < 1.29 is 14.4 Å². The third-order valence-corrected chi connectivity index (χ3v) is 3.50. The molecule has 2 atom stereocenters. The fraction of sp³-hybridized carbons (Fsp3) is 0.357. The molecule has 0 radical (unpaired) electrons. The number of rotatable bonds is 4. The van der Waals surface area contributed by atoms with Crippen LogP contribution >= 0.6 is 0 Å². The molecule has 5 N–H and O–H groups in total. The van der Waals surface area contributed by atoms with Gasteiger partial charge in [0.2, 0.25) is 11.8 Å². The van der Waals surface area contributed by atoms with Gasteiger partial charge in [-0.05, 0) is 18.6 Å². The van der Waals surface area contributed by atoms with E-state index in [-0.39, 0.29) is 30.9 Å². The van der Waals surface area contributed by atoms with Crippen molar-refractivity contribution in [1.29, 1.82) is 0 Å². The normalized spacial score (nSPS) is 21.1. The van der Waals surface area contributed by atoms with Gasteiger partial charge in [0.15, 0.2) is 0 Å². The van der Waals surface area contributed by atoms with Crippen molar-refractivity contribution in [3.8, 4) is 0 Å². The molecule has 7 heteroatoms. The highest BCUT2D eigenvalue weighted by Gasteiger charge is 2.38. The first-order valence-corrected chi connectivity index (χ1v) is 6.67. The second-order valence-corrected chi connectivity index (χ2v) is 4.94. The van der Waals surface area contributed by atoms with Crippen LogP contribution in [0.3, 0.4) is 0 Å². The Morgan fingerprint density at radius 3 is 2.48 bits per heavy atom. The molecule has 1 aliphatic heterocycles. The summed E-state index contributed by atoms with van der Waals surface area (Å²) in [6.45, 7) is 0.0470. The van der Waals surface area contributed by atoms with Crippen molar-refractivity contribution in [2.75, 3.05) is 13.1 Å². The third-order valence-electron chi connectivity index (χ3n) is 3.50. The molecule has 0 unspecified atom stereocenters. The Balaban J connectivity index is 2.04. The molecular formula is C14H18N4O3. The second-order valence-electron chi connectivity index (χ2n) is 4.94. The van der Waals surface area contributed by atoms with Crippen LogP contribution in [-0.4, -0.2) is 47.8 Å². The first-order chi connectivity index (χ1) is 10.0. The van der Waals surface area contributed by atoms with Gasteiger partial charge in [0, 0.05) is 18.2 Å². The number of hydrogen-bond donors (Lipinski definition) is 3. The quantitative estimate of drug-likeness (QED) is 0.647. The van der Waals surface area contributed by atoms with Gasteiger partial charge in [0.25, 0.3) is 5.91 Å². The Kier molecular flexibility index (Phi) is 4.54. The highest BCUT2D eigenvalue weighted by atomic mass is 16.2. The molecule has 1 saturated heterocycles. The van der Waals surface area contributed by atoms with Crippen LogP contribution in [0.5, 0.6) is 0 Å². The Morgan fingerprint density at radius 1 is 1.24 bits per heavy atom. The van der Waals surface area contributed by atoms with Crippen molar-refractivity contribution >= 4 is 17.7 Å². The Bertz CT molecular complexity index is 546. The summed E-state index contributed by atoms with van der Waals surface area (Å²) in [6, 6.07) is 7.70. The summed E-state index contributed by atoms with van der Waals surface area (Å²) in [4.78, 5) is 36.5. The maximum absolute atomic E-state index is 12.1. The number of benzene rings is 1. The van der Waals surface area contributed by atoms with Gasteiger partial charge in [-0.1, -0.05) is 18.2 Å². The van der Waals surface area contributed by atoms with Crippen LogP contribution in [-0.2, 0) is 9.59 Å². The Morgan fingerprint density at radius 2 is 1.90 bits per heavy atom. The summed E-state index contributed by atoms with van der Waals surface area (Å²) in [5.74, 6) is -1.19. The summed E-state index contributed by atoms with van der Waals surface area (Å²) in [5, 5.41) is 2.81. The van der Waals surface area contributed by atoms with E-state index < -0.39 is 11.9 Å². The number of likely N-dealkylation sites (tertiary alicyclic amines) is 1. The van der Waals surface area contributed by atoms with Crippen LogP contribution in [0.1, 0.15) is 16.8 Å². The number of hydrogen-bond acceptors (Lipinski definition) is 4. The SMILES string of the molecule is NCC(=O)N1C[C@H](NC(=O)c2ccccc2)C[C@H]1C(N)=O. The van der Waals surface area contributed by atoms with E-state index in [1.807, 2.05) is 6.07 Å². The van der Waals surface area contributed by atoms with Gasteiger partial charge in [0.1, 0.15) is 6.04 Å². The fourth-order valence-electron chi connectivity index (χ4n) is 2.46. The number of carbonyl (C=O) groups excluding carboxylic acids is 3. The van der Waals surface area contributed by atoms with E-state index >= 15 is 0 Å². The molecule has 0 bridgehead atoms. The predicted molar refractivity (Wildman–Crippen MR) is 76.1 cm³/mol. The Hall–Kier alpha value is -2.41. The van der Waals surface area contributed by atoms with Crippen molar-refractivity contribution in [3.05, 3.63) is 35.9 Å². The minimum atomic E-state index is -0.720. The minimum Gasteiger partial charge on any atom is -0.368 e. The average molecular weight is 290 g/mol. The van der Waals surface area contributed by atoms with Crippen molar-refractivity contribution in [1.82, 2.24) is 10.2 Å². The lowest BCUT2D eigenvalue weighted by atomic mass is 10.1. The van der Waals surface area contributed by atoms with E-state index in [0.717, 1.165) is 0 Å². The standard InChI is InChI=1S/C14H18N4O3/c15-7-12(19)18-8-10(6-11(18)13(16)20)17-14(21)9-4-2-1-3-5-9/h1-5,10-11H,6-8,15H2,(H2,16,20)(H,17,21)/t10-,11+/m1/s1. The zero-order valence-electron chi connectivity index (χ0n) is 11.5. The molecule has 1 aromatic carbocycles. The van der Waals surface area contributed by atoms with E-state index in [1.165, 1.54) is 4.90 Å². The maximum atomic E-state index is 12.1. The molecule has 0 saturated carbocycles. The number of carbonyl (C=O) groups is 3. The molecule has 1 aliphatic rings. The van der Waals surface area contributed by atoms with E-state index in [4.69, 9.17) is 11.5 Å². The van der Waals surface area contributed by atoms with Crippen LogP contribution in [0.15, 0.2) is 30.3 Å². The highest BCUT2D eigenvalue weighted by molar-refractivity contribution is 5.94. The van der Waals surface area contributed by atoms with Crippen LogP contribution in [0, 0.1) is 0 Å². The van der Waals surface area contributed by atoms with Crippen molar-refractivity contribution in [2.45, 2.75) is 18.5 Å². The van der Waals surface area contributed by atoms with E-state index in [2.05, 4.69) is 5.32 Å². The largest absolute Gasteiger partial charge is 0.368 e. The van der Waals surface area contributed by atoms with Gasteiger partial charge >= 0.3 is 0 Å². The summed E-state index contributed by atoms with van der Waals surface area (Å²) >= 11 is 0. The molecule has 1 heterocycles. The molecule has 3 amide bonds. The zero-order valence-corrected chi connectivity index (χ0v) is 11.5. The van der Waals surface area contributed by atoms with Gasteiger partial charge in [-0.25, -0.2) is 0 Å². The molecule has 1 aromatic rings. The molecule has 0 spiro atoms. The molecule has 112 valence electrons. The summed E-state index contributed by atoms with van der Waals surface area (Å²) in [7, 11) is 0. The number of amides is 3. The van der Waals surface area contributed by atoms with Crippen molar-refractivity contribution in [2.24, 2.45) is 11.5 Å². The maximum Gasteiger partial charge on any atom is 0.251 e. The topological polar surface area (TPSA) is 119 Å². The molecule has 21 heavy (non-hydrogen) atoms. The number of nitrogens with one attached hydrogen (secondary N) is 1. The number of primary amides is 1. The summed E-state index contributed by atoms with van der Waals surface area (Å²) in [6.07, 6.45) is 0.305. The summed E-state index contributed by atoms with van der Waals surface area (Å²) < 4.78 is 0. The lowest BCUT2D eigenvalue weighted by molar-refractivity contribution is -0.136. The van der Waals surface area contributed by atoms with Crippen LogP contribution < -0.4 is 16.8 Å². The van der Waals surface area contributed by atoms with Gasteiger partial charge in [0.05, 0.1) is 6.54 Å². The number of nitrogens with two attached hydrogens (primary N) is 2. The zero-order chi connectivity index (χ0) is 15.4. The molecule has 2 rings (SSSR count). The van der Waals surface area contributed by atoms with Crippen LogP contribution in [0.2, 0.25) is 0 Å². The molecule has 0 aromatic heterocycles. The van der Waals surface area contributed by atoms with Gasteiger partial charge < -0.3 is 21.7 Å². The fourth-order valence-corrected chi connectivity index (χ4v) is 2.46. The smallest absolute Gasteiger partial charge is 0.251 e. The minimum absolute atomic E-state index is 0.191. The Labute approximate surface area is 122 Å². The van der Waals surface area contributed by atoms with Gasteiger partial charge in [-0.3, -0.25) is 14.4 Å². The lowest BCUT2D eigenvalue weighted by Gasteiger charge is -2.21. The predicted octanol–water partition coefficient (Wildman–Crippen LogP) is -1.17. The second kappa shape index (κ2) is 6.36. The van der Waals surface area contributed by atoms with Crippen molar-refractivity contribution in [3.63, 3.8) is 0 Å². The van der Waals surface area contributed by atoms with E-state index in [0.29, 0.717) is 12.0 Å². The van der Waals surface area contributed by atoms with Crippen LogP contribution in [0.4, 0.5) is 0 Å². The van der Waals surface area contributed by atoms with Crippen LogP contribution in [0.25, 0.3) is 0 Å². The average Bonchev–Trinajstić information content (AvgIpc) is 2.91. The molecule has 0 aliphatic carbocycles. The van der Waals surface area contributed by atoms with Gasteiger partial charge in [-0.15, -0.1) is 0 Å². The van der Waals surface area contributed by atoms with E-state index in [1.54, 1.807) is 24.3 Å². The van der Waals surface area contributed by atoms with Gasteiger partial charge in [-0.2, -0.15) is 0 Å². The van der Waals surface area contributed by atoms with E-state index in [9.17, 15) is 14.4 Å². The molecule has 7 nitrogen and oxygen atoms in total. The highest BCUT2D eigenvalue weighted by Crippen LogP contribution is 2.18.